The summed E-state index contributed by atoms with van der Waals surface area (Å²) in [5, 5.41) is 36.2. The van der Waals surface area contributed by atoms with Crippen LogP contribution in [0.3, 0.4) is 0 Å². The zero-order valence-electron chi connectivity index (χ0n) is 16.7. The van der Waals surface area contributed by atoms with Gasteiger partial charge in [0.15, 0.2) is 6.23 Å². The number of aromatic nitrogens is 2. The fraction of sp³-hybridized carbons (Fsp3) is 0.250. The average Bonchev–Trinajstić information content (AvgIpc) is 3.30. The highest BCUT2D eigenvalue weighted by Crippen LogP contribution is 2.42. The third kappa shape index (κ3) is 2.60. The number of halogens is 1. The highest BCUT2D eigenvalue weighted by Gasteiger charge is 2.43. The van der Waals surface area contributed by atoms with Gasteiger partial charge in [0.05, 0.1) is 22.7 Å². The van der Waals surface area contributed by atoms with Crippen molar-refractivity contribution in [2.75, 3.05) is 0 Å². The Labute approximate surface area is 182 Å². The van der Waals surface area contributed by atoms with Crippen LogP contribution in [-0.2, 0) is 4.74 Å². The van der Waals surface area contributed by atoms with Crippen molar-refractivity contribution in [3.63, 3.8) is 0 Å². The molecule has 5 aromatic rings. The van der Waals surface area contributed by atoms with Crippen LogP contribution >= 0.6 is 11.6 Å². The molecule has 1 aliphatic rings. The molecule has 0 amide bonds. The van der Waals surface area contributed by atoms with Crippen LogP contribution in [0.25, 0.3) is 43.6 Å². The third-order valence-electron chi connectivity index (χ3n) is 6.49. The van der Waals surface area contributed by atoms with E-state index >= 15 is 0 Å². The molecule has 158 valence electrons. The van der Waals surface area contributed by atoms with Crippen LogP contribution in [0.5, 0.6) is 0 Å². The summed E-state index contributed by atoms with van der Waals surface area (Å²) >= 11 is 6.32. The molecule has 6 rings (SSSR count). The number of aromatic amines is 1. The van der Waals surface area contributed by atoms with Crippen molar-refractivity contribution in [3.05, 3.63) is 59.6 Å². The molecule has 0 radical (unpaired) electrons. The normalized spacial score (nSPS) is 27.1. The molecule has 3 heterocycles. The lowest BCUT2D eigenvalue weighted by atomic mass is 9.99. The van der Waals surface area contributed by atoms with Gasteiger partial charge in [-0.2, -0.15) is 0 Å². The van der Waals surface area contributed by atoms with E-state index in [0.717, 1.165) is 43.6 Å². The molecule has 1 fully saturated rings. The van der Waals surface area contributed by atoms with E-state index in [-0.39, 0.29) is 0 Å². The van der Waals surface area contributed by atoms with Gasteiger partial charge in [-0.05, 0) is 31.2 Å². The predicted octanol–water partition coefficient (Wildman–Crippen LogP) is 4.08. The Hall–Kier alpha value is -2.61. The van der Waals surface area contributed by atoms with Gasteiger partial charge in [0, 0.05) is 32.1 Å². The molecule has 6 nitrogen and oxygen atoms in total. The highest BCUT2D eigenvalue weighted by atomic mass is 35.5. The van der Waals surface area contributed by atoms with Crippen LogP contribution < -0.4 is 0 Å². The van der Waals surface area contributed by atoms with E-state index < -0.39 is 30.6 Å². The van der Waals surface area contributed by atoms with Crippen molar-refractivity contribution < 1.29 is 20.1 Å². The standard InChI is InChI=1S/C24H21ClN2O4/c1-11-21(28)22(29)23(30)24(31-11)27-18-9-6-12(25)10-16(18)15-8-7-14-13-4-2-3-5-17(13)26-19(14)20(15)27/h2-11,21-24,26,28-30H,1H3/t11-,21-,22+,23+,24+/m0/s1. The van der Waals surface area contributed by atoms with Crippen molar-refractivity contribution >= 4 is 55.2 Å². The largest absolute Gasteiger partial charge is 0.388 e. The van der Waals surface area contributed by atoms with Gasteiger partial charge < -0.3 is 29.6 Å². The number of hydrogen-bond donors (Lipinski definition) is 4. The van der Waals surface area contributed by atoms with Gasteiger partial charge in [0.1, 0.15) is 18.3 Å². The zero-order chi connectivity index (χ0) is 21.4. The molecular weight excluding hydrogens is 416 g/mol. The van der Waals surface area contributed by atoms with Crippen LogP contribution in [0, 0.1) is 0 Å². The van der Waals surface area contributed by atoms with Gasteiger partial charge in [-0.15, -0.1) is 0 Å². The van der Waals surface area contributed by atoms with Gasteiger partial charge in [-0.1, -0.05) is 41.9 Å². The van der Waals surface area contributed by atoms with E-state index in [4.69, 9.17) is 16.3 Å². The summed E-state index contributed by atoms with van der Waals surface area (Å²) in [4.78, 5) is 3.52. The first-order valence-corrected chi connectivity index (χ1v) is 10.7. The molecule has 0 unspecified atom stereocenters. The smallest absolute Gasteiger partial charge is 0.163 e. The fourth-order valence-corrected chi connectivity index (χ4v) is 5.11. The lowest BCUT2D eigenvalue weighted by Crippen LogP contribution is -2.54. The second kappa shape index (κ2) is 6.69. The van der Waals surface area contributed by atoms with E-state index in [1.54, 1.807) is 13.0 Å². The van der Waals surface area contributed by atoms with Crippen molar-refractivity contribution in [2.24, 2.45) is 0 Å². The number of benzene rings is 3. The highest BCUT2D eigenvalue weighted by molar-refractivity contribution is 6.32. The summed E-state index contributed by atoms with van der Waals surface area (Å²) in [5.74, 6) is 0. The maximum atomic E-state index is 10.9. The van der Waals surface area contributed by atoms with Gasteiger partial charge in [-0.3, -0.25) is 0 Å². The number of para-hydroxylation sites is 1. The summed E-state index contributed by atoms with van der Waals surface area (Å²) in [6.07, 6.45) is -5.32. The molecule has 0 bridgehead atoms. The zero-order valence-corrected chi connectivity index (χ0v) is 17.4. The summed E-state index contributed by atoms with van der Waals surface area (Å²) in [5.41, 5.74) is 3.60. The molecule has 0 aliphatic carbocycles. The Balaban J connectivity index is 1.76. The van der Waals surface area contributed by atoms with Gasteiger partial charge >= 0.3 is 0 Å². The van der Waals surface area contributed by atoms with Crippen LogP contribution in [0.4, 0.5) is 0 Å². The first-order valence-electron chi connectivity index (χ1n) is 10.3. The SMILES string of the molecule is C[C@@H]1O[C@@H](n2c3ccc(Cl)cc3c3ccc4c5ccccc5[nH]c4c32)[C@H](O)[C@H](O)[C@H]1O. The van der Waals surface area contributed by atoms with E-state index in [0.29, 0.717) is 5.02 Å². The molecule has 7 heteroatoms. The third-order valence-corrected chi connectivity index (χ3v) is 6.72. The Morgan fingerprint density at radius 1 is 0.871 bits per heavy atom. The summed E-state index contributed by atoms with van der Waals surface area (Å²) in [6, 6.07) is 17.8. The van der Waals surface area contributed by atoms with Crippen LogP contribution in [0.15, 0.2) is 54.6 Å². The van der Waals surface area contributed by atoms with E-state index in [9.17, 15) is 15.3 Å². The average molecular weight is 437 g/mol. The Kier molecular flexibility index (Phi) is 4.12. The quantitative estimate of drug-likeness (QED) is 0.318. The second-order valence-electron chi connectivity index (χ2n) is 8.29. The van der Waals surface area contributed by atoms with Crippen molar-refractivity contribution in [3.8, 4) is 0 Å². The Bertz CT molecular complexity index is 1470. The van der Waals surface area contributed by atoms with E-state index in [1.807, 2.05) is 34.9 Å². The lowest BCUT2D eigenvalue weighted by Gasteiger charge is -2.40. The Morgan fingerprint density at radius 2 is 1.65 bits per heavy atom. The molecule has 1 aliphatic heterocycles. The lowest BCUT2D eigenvalue weighted by molar-refractivity contribution is -0.238. The first kappa shape index (κ1) is 19.1. The summed E-state index contributed by atoms with van der Waals surface area (Å²) in [6.45, 7) is 1.69. The second-order valence-corrected chi connectivity index (χ2v) is 8.73. The topological polar surface area (TPSA) is 90.6 Å². The molecule has 31 heavy (non-hydrogen) atoms. The predicted molar refractivity (Wildman–Crippen MR) is 121 cm³/mol. The number of H-pyrrole nitrogens is 1. The molecule has 2 aromatic heterocycles. The minimum atomic E-state index is -1.32. The summed E-state index contributed by atoms with van der Waals surface area (Å²) < 4.78 is 7.96. The number of nitrogens with zero attached hydrogens (tertiary/aromatic N) is 1. The van der Waals surface area contributed by atoms with Crippen molar-refractivity contribution in [2.45, 2.75) is 37.6 Å². The maximum Gasteiger partial charge on any atom is 0.163 e. The number of aliphatic hydroxyl groups excluding tert-OH is 3. The van der Waals surface area contributed by atoms with Crippen LogP contribution in [0.1, 0.15) is 13.2 Å². The number of aliphatic hydroxyl groups is 3. The van der Waals surface area contributed by atoms with Crippen molar-refractivity contribution in [1.29, 1.82) is 0 Å². The molecule has 4 N–H and O–H groups in total. The van der Waals surface area contributed by atoms with Gasteiger partial charge in [0.25, 0.3) is 0 Å². The van der Waals surface area contributed by atoms with Crippen LogP contribution in [0.2, 0.25) is 5.02 Å². The number of rotatable bonds is 1. The minimum Gasteiger partial charge on any atom is -0.388 e. The number of ether oxygens (including phenoxy) is 1. The molecule has 0 saturated carbocycles. The minimum absolute atomic E-state index is 0.609. The number of fused-ring (bicyclic) bond motifs is 7. The molecule has 5 atom stereocenters. The summed E-state index contributed by atoms with van der Waals surface area (Å²) in [7, 11) is 0. The maximum absolute atomic E-state index is 10.9. The first-order chi connectivity index (χ1) is 15.0. The number of hydrogen-bond acceptors (Lipinski definition) is 4. The Morgan fingerprint density at radius 3 is 2.48 bits per heavy atom. The monoisotopic (exact) mass is 436 g/mol. The van der Waals surface area contributed by atoms with Gasteiger partial charge in [-0.25, -0.2) is 0 Å². The number of nitrogens with one attached hydrogen (secondary N) is 1. The van der Waals surface area contributed by atoms with E-state index in [1.165, 1.54) is 0 Å². The van der Waals surface area contributed by atoms with Crippen molar-refractivity contribution in [1.82, 2.24) is 9.55 Å². The molecular formula is C24H21ClN2O4. The fourth-order valence-electron chi connectivity index (χ4n) is 4.93. The molecule has 1 saturated heterocycles. The van der Waals surface area contributed by atoms with Gasteiger partial charge in [0.2, 0.25) is 0 Å². The molecule has 0 spiro atoms. The molecule has 3 aromatic carbocycles. The van der Waals surface area contributed by atoms with Crippen LogP contribution in [-0.4, -0.2) is 49.3 Å². The van der Waals surface area contributed by atoms with E-state index in [2.05, 4.69) is 23.2 Å².